The first-order valence-corrected chi connectivity index (χ1v) is 9.84. The van der Waals surface area contributed by atoms with Crippen LogP contribution in [0.15, 0.2) is 42.5 Å². The predicted octanol–water partition coefficient (Wildman–Crippen LogP) is 4.04. The van der Waals surface area contributed by atoms with E-state index in [0.29, 0.717) is 18.7 Å². The lowest BCUT2D eigenvalue weighted by atomic mass is 9.98. The normalized spacial score (nSPS) is 13.7. The topological polar surface area (TPSA) is 75.7 Å². The quantitative estimate of drug-likeness (QED) is 0.750. The molecular weight excluding hydrogens is 368 g/mol. The number of benzene rings is 2. The summed E-state index contributed by atoms with van der Waals surface area (Å²) in [5, 5.41) is 2.86. The fraction of sp³-hybridized carbons (Fsp3) is 0.348. The van der Waals surface area contributed by atoms with Crippen LogP contribution < -0.4 is 10.2 Å². The van der Waals surface area contributed by atoms with Crippen molar-refractivity contribution in [1.29, 1.82) is 0 Å². The zero-order chi connectivity index (χ0) is 21.0. The minimum absolute atomic E-state index is 0.0104. The second kappa shape index (κ2) is 8.90. The molecule has 3 rings (SSSR count). The van der Waals surface area contributed by atoms with Crippen molar-refractivity contribution >= 4 is 29.2 Å². The SMILES string of the molecule is Cc1cccc(C(C)C)c1NC(=O)COC(=O)c1ccccc1N1CCCC1=O. The van der Waals surface area contributed by atoms with Crippen molar-refractivity contribution in [1.82, 2.24) is 0 Å². The number of aryl methyl sites for hydroxylation is 1. The first-order chi connectivity index (χ1) is 13.9. The average Bonchev–Trinajstić information content (AvgIpc) is 3.13. The molecule has 0 radical (unpaired) electrons. The van der Waals surface area contributed by atoms with Gasteiger partial charge in [0.15, 0.2) is 6.61 Å². The highest BCUT2D eigenvalue weighted by Gasteiger charge is 2.26. The van der Waals surface area contributed by atoms with Crippen LogP contribution in [0.2, 0.25) is 0 Å². The van der Waals surface area contributed by atoms with Gasteiger partial charge in [-0.3, -0.25) is 9.59 Å². The van der Waals surface area contributed by atoms with E-state index < -0.39 is 18.5 Å². The highest BCUT2D eigenvalue weighted by molar-refractivity contribution is 6.04. The molecule has 0 spiro atoms. The number of hydrogen-bond donors (Lipinski definition) is 1. The maximum Gasteiger partial charge on any atom is 0.340 e. The van der Waals surface area contributed by atoms with Crippen molar-refractivity contribution in [3.8, 4) is 0 Å². The summed E-state index contributed by atoms with van der Waals surface area (Å²) in [4.78, 5) is 38.6. The van der Waals surface area contributed by atoms with Crippen molar-refractivity contribution in [3.63, 3.8) is 0 Å². The Morgan fingerprint density at radius 3 is 2.59 bits per heavy atom. The molecule has 2 aromatic rings. The summed E-state index contributed by atoms with van der Waals surface area (Å²) in [5.74, 6) is -0.782. The van der Waals surface area contributed by atoms with Crippen LogP contribution in [-0.4, -0.2) is 30.9 Å². The Morgan fingerprint density at radius 1 is 1.14 bits per heavy atom. The number of carbonyl (C=O) groups excluding carboxylic acids is 3. The molecule has 1 saturated heterocycles. The van der Waals surface area contributed by atoms with Crippen LogP contribution in [0.3, 0.4) is 0 Å². The molecule has 2 amide bonds. The van der Waals surface area contributed by atoms with Crippen molar-refractivity contribution in [2.24, 2.45) is 0 Å². The molecule has 1 N–H and O–H groups in total. The van der Waals surface area contributed by atoms with Crippen LogP contribution in [0.5, 0.6) is 0 Å². The molecule has 0 aliphatic carbocycles. The Balaban J connectivity index is 1.68. The molecule has 0 atom stereocenters. The van der Waals surface area contributed by atoms with Crippen molar-refractivity contribution < 1.29 is 19.1 Å². The number of rotatable bonds is 6. The lowest BCUT2D eigenvalue weighted by Crippen LogP contribution is -2.27. The van der Waals surface area contributed by atoms with Crippen LogP contribution in [0, 0.1) is 6.92 Å². The largest absolute Gasteiger partial charge is 0.452 e. The van der Waals surface area contributed by atoms with Gasteiger partial charge in [-0.25, -0.2) is 4.79 Å². The average molecular weight is 394 g/mol. The summed E-state index contributed by atoms with van der Waals surface area (Å²) < 4.78 is 5.25. The minimum atomic E-state index is -0.621. The molecule has 0 saturated carbocycles. The Hall–Kier alpha value is -3.15. The molecule has 1 fully saturated rings. The molecule has 0 unspecified atom stereocenters. The number of hydrogen-bond acceptors (Lipinski definition) is 4. The predicted molar refractivity (Wildman–Crippen MR) is 112 cm³/mol. The number of nitrogens with one attached hydrogen (secondary N) is 1. The van der Waals surface area contributed by atoms with Crippen LogP contribution in [-0.2, 0) is 14.3 Å². The summed E-state index contributed by atoms with van der Waals surface area (Å²) in [6, 6.07) is 12.7. The van der Waals surface area contributed by atoms with Gasteiger partial charge < -0.3 is 15.0 Å². The standard InChI is InChI=1S/C23H26N2O4/c1-15(2)17-10-6-8-16(3)22(17)24-20(26)14-29-23(28)18-9-4-5-11-19(18)25-13-7-12-21(25)27/h4-6,8-11,15H,7,12-14H2,1-3H3,(H,24,26). The number of ether oxygens (including phenoxy) is 1. The third-order valence-electron chi connectivity index (χ3n) is 5.01. The van der Waals surface area contributed by atoms with Crippen molar-refractivity contribution in [2.45, 2.75) is 39.5 Å². The monoisotopic (exact) mass is 394 g/mol. The van der Waals surface area contributed by atoms with Gasteiger partial charge in [0.05, 0.1) is 11.3 Å². The maximum atomic E-state index is 12.6. The summed E-state index contributed by atoms with van der Waals surface area (Å²) in [6.07, 6.45) is 1.24. The molecule has 152 valence electrons. The summed E-state index contributed by atoms with van der Waals surface area (Å²) in [7, 11) is 0. The Labute approximate surface area is 170 Å². The van der Waals surface area contributed by atoms with E-state index in [9.17, 15) is 14.4 Å². The van der Waals surface area contributed by atoms with Crippen LogP contribution in [0.4, 0.5) is 11.4 Å². The van der Waals surface area contributed by atoms with E-state index in [4.69, 9.17) is 4.74 Å². The van der Waals surface area contributed by atoms with Crippen LogP contribution in [0.1, 0.15) is 54.1 Å². The molecule has 1 aliphatic heterocycles. The Bertz CT molecular complexity index is 936. The molecule has 2 aromatic carbocycles. The molecule has 1 aliphatic rings. The van der Waals surface area contributed by atoms with Gasteiger partial charge in [-0.1, -0.05) is 44.2 Å². The van der Waals surface area contributed by atoms with E-state index in [0.717, 1.165) is 23.2 Å². The van der Waals surface area contributed by atoms with Gasteiger partial charge in [-0.15, -0.1) is 0 Å². The zero-order valence-corrected chi connectivity index (χ0v) is 17.0. The molecule has 0 aromatic heterocycles. The molecule has 6 heteroatoms. The first kappa shape index (κ1) is 20.6. The number of anilines is 2. The number of para-hydroxylation sites is 2. The number of esters is 1. The maximum absolute atomic E-state index is 12.6. The van der Waals surface area contributed by atoms with E-state index >= 15 is 0 Å². The van der Waals surface area contributed by atoms with Gasteiger partial charge in [0, 0.05) is 18.7 Å². The number of carbonyl (C=O) groups is 3. The summed E-state index contributed by atoms with van der Waals surface area (Å²) >= 11 is 0. The second-order valence-electron chi connectivity index (χ2n) is 7.48. The smallest absolute Gasteiger partial charge is 0.340 e. The van der Waals surface area contributed by atoms with E-state index in [1.807, 2.05) is 25.1 Å². The molecule has 29 heavy (non-hydrogen) atoms. The lowest BCUT2D eigenvalue weighted by molar-refractivity contribution is -0.119. The number of amides is 2. The van der Waals surface area contributed by atoms with Crippen LogP contribution in [0.25, 0.3) is 0 Å². The molecule has 6 nitrogen and oxygen atoms in total. The summed E-state index contributed by atoms with van der Waals surface area (Å²) in [5.41, 5.74) is 3.55. The molecule has 1 heterocycles. The van der Waals surface area contributed by atoms with Crippen molar-refractivity contribution in [2.75, 3.05) is 23.4 Å². The van der Waals surface area contributed by atoms with Gasteiger partial charge in [-0.2, -0.15) is 0 Å². The highest BCUT2D eigenvalue weighted by atomic mass is 16.5. The Kier molecular flexibility index (Phi) is 6.32. The third kappa shape index (κ3) is 4.65. The second-order valence-corrected chi connectivity index (χ2v) is 7.48. The number of nitrogens with zero attached hydrogens (tertiary/aromatic N) is 1. The highest BCUT2D eigenvalue weighted by Crippen LogP contribution is 2.28. The van der Waals surface area contributed by atoms with E-state index in [2.05, 4.69) is 19.2 Å². The van der Waals surface area contributed by atoms with Gasteiger partial charge >= 0.3 is 5.97 Å². The first-order valence-electron chi connectivity index (χ1n) is 9.84. The molecule has 0 bridgehead atoms. The summed E-state index contributed by atoms with van der Waals surface area (Å²) in [6.45, 7) is 6.22. The van der Waals surface area contributed by atoms with Crippen LogP contribution >= 0.6 is 0 Å². The third-order valence-corrected chi connectivity index (χ3v) is 5.01. The van der Waals surface area contributed by atoms with Crippen molar-refractivity contribution in [3.05, 3.63) is 59.2 Å². The fourth-order valence-electron chi connectivity index (χ4n) is 3.51. The van der Waals surface area contributed by atoms with Gasteiger partial charge in [0.25, 0.3) is 5.91 Å². The lowest BCUT2D eigenvalue weighted by Gasteiger charge is -2.19. The van der Waals surface area contributed by atoms with Gasteiger partial charge in [0.1, 0.15) is 0 Å². The Morgan fingerprint density at radius 2 is 1.90 bits per heavy atom. The van der Waals surface area contributed by atoms with Gasteiger partial charge in [0.2, 0.25) is 5.91 Å². The van der Waals surface area contributed by atoms with E-state index in [-0.39, 0.29) is 17.4 Å². The zero-order valence-electron chi connectivity index (χ0n) is 17.0. The van der Waals surface area contributed by atoms with Gasteiger partial charge in [-0.05, 0) is 42.5 Å². The van der Waals surface area contributed by atoms with E-state index in [1.54, 1.807) is 29.2 Å². The minimum Gasteiger partial charge on any atom is -0.452 e. The van der Waals surface area contributed by atoms with E-state index in [1.165, 1.54) is 0 Å². The fourth-order valence-corrected chi connectivity index (χ4v) is 3.51. The molecular formula is C23H26N2O4.